The Morgan fingerprint density at radius 3 is 2.48 bits per heavy atom. The van der Waals surface area contributed by atoms with Crippen LogP contribution in [0.5, 0.6) is 0 Å². The van der Waals surface area contributed by atoms with Crippen molar-refractivity contribution in [1.82, 2.24) is 9.80 Å². The highest BCUT2D eigenvalue weighted by molar-refractivity contribution is 5.83. The van der Waals surface area contributed by atoms with Crippen LogP contribution in [0.3, 0.4) is 0 Å². The number of rotatable bonds is 3. The monoisotopic (exact) mass is 326 g/mol. The van der Waals surface area contributed by atoms with Crippen LogP contribution < -0.4 is 0 Å². The normalized spacial score (nSPS) is 25.7. The Balaban J connectivity index is 1.65. The zero-order valence-corrected chi connectivity index (χ0v) is 13.1. The fourth-order valence-corrected chi connectivity index (χ4v) is 3.57. The summed E-state index contributed by atoms with van der Waals surface area (Å²) >= 11 is 0. The van der Waals surface area contributed by atoms with E-state index in [1.807, 2.05) is 11.8 Å². The minimum Gasteiger partial charge on any atom is -0.337 e. The standard InChI is InChI=1S/C17H21F3N2O/c1-12-16(23)22-8-2-3-15(22)11-21(12)10-14-6-4-13(5-7-14)9-17(18,19)20/h4-7,12,15H,2-3,8-11H2,1H3/t12-,15+/m0/s1. The van der Waals surface area contributed by atoms with E-state index in [1.54, 1.807) is 12.1 Å². The Labute approximate surface area is 134 Å². The predicted octanol–water partition coefficient (Wildman–Crippen LogP) is 2.99. The Hall–Kier alpha value is -1.56. The van der Waals surface area contributed by atoms with Crippen LogP contribution in [-0.2, 0) is 17.8 Å². The third-order valence-corrected chi connectivity index (χ3v) is 4.82. The number of halogens is 3. The summed E-state index contributed by atoms with van der Waals surface area (Å²) in [5.74, 6) is 0.174. The van der Waals surface area contributed by atoms with Crippen LogP contribution in [0, 0.1) is 0 Å². The van der Waals surface area contributed by atoms with Gasteiger partial charge in [0.2, 0.25) is 5.91 Å². The molecule has 2 heterocycles. The Kier molecular flexibility index (Phi) is 4.36. The van der Waals surface area contributed by atoms with Crippen molar-refractivity contribution in [2.75, 3.05) is 13.1 Å². The van der Waals surface area contributed by atoms with Gasteiger partial charge in [-0.2, -0.15) is 13.2 Å². The van der Waals surface area contributed by atoms with Gasteiger partial charge in [0.05, 0.1) is 12.5 Å². The van der Waals surface area contributed by atoms with E-state index in [-0.39, 0.29) is 17.5 Å². The quantitative estimate of drug-likeness (QED) is 0.852. The molecule has 2 aliphatic rings. The molecule has 126 valence electrons. The van der Waals surface area contributed by atoms with Gasteiger partial charge in [0.25, 0.3) is 0 Å². The van der Waals surface area contributed by atoms with E-state index in [0.717, 1.165) is 31.5 Å². The molecular formula is C17H21F3N2O. The Morgan fingerprint density at radius 2 is 1.83 bits per heavy atom. The summed E-state index contributed by atoms with van der Waals surface area (Å²) in [7, 11) is 0. The molecular weight excluding hydrogens is 305 g/mol. The van der Waals surface area contributed by atoms with E-state index in [1.165, 1.54) is 12.1 Å². The van der Waals surface area contributed by atoms with Crippen LogP contribution in [0.1, 0.15) is 30.9 Å². The molecule has 0 spiro atoms. The average molecular weight is 326 g/mol. The van der Waals surface area contributed by atoms with Gasteiger partial charge in [-0.15, -0.1) is 0 Å². The van der Waals surface area contributed by atoms with Crippen molar-refractivity contribution in [1.29, 1.82) is 0 Å². The van der Waals surface area contributed by atoms with Crippen molar-refractivity contribution in [3.8, 4) is 0 Å². The van der Waals surface area contributed by atoms with Crippen molar-refractivity contribution in [2.45, 2.75) is 51.0 Å². The molecule has 2 saturated heterocycles. The average Bonchev–Trinajstić information content (AvgIpc) is 2.93. The highest BCUT2D eigenvalue weighted by Gasteiger charge is 2.39. The van der Waals surface area contributed by atoms with Gasteiger partial charge in [0, 0.05) is 25.7 Å². The molecule has 1 amide bonds. The summed E-state index contributed by atoms with van der Waals surface area (Å²) in [6.07, 6.45) is -2.98. The topological polar surface area (TPSA) is 23.6 Å². The molecule has 2 atom stereocenters. The second-order valence-corrected chi connectivity index (χ2v) is 6.54. The maximum Gasteiger partial charge on any atom is 0.393 e. The zero-order valence-electron chi connectivity index (χ0n) is 13.1. The van der Waals surface area contributed by atoms with E-state index >= 15 is 0 Å². The first kappa shape index (κ1) is 16.3. The van der Waals surface area contributed by atoms with Crippen molar-refractivity contribution >= 4 is 5.91 Å². The molecule has 0 saturated carbocycles. The van der Waals surface area contributed by atoms with Gasteiger partial charge in [-0.25, -0.2) is 0 Å². The molecule has 0 aliphatic carbocycles. The van der Waals surface area contributed by atoms with Crippen LogP contribution in [0.2, 0.25) is 0 Å². The largest absolute Gasteiger partial charge is 0.393 e. The van der Waals surface area contributed by atoms with Crippen LogP contribution >= 0.6 is 0 Å². The first-order chi connectivity index (χ1) is 10.8. The van der Waals surface area contributed by atoms with Crippen LogP contribution in [0.15, 0.2) is 24.3 Å². The number of amides is 1. The van der Waals surface area contributed by atoms with E-state index in [2.05, 4.69) is 4.90 Å². The molecule has 1 aromatic rings. The van der Waals surface area contributed by atoms with Gasteiger partial charge in [-0.1, -0.05) is 24.3 Å². The number of hydrogen-bond donors (Lipinski definition) is 0. The van der Waals surface area contributed by atoms with Crippen molar-refractivity contribution in [2.24, 2.45) is 0 Å². The number of carbonyl (C=O) groups is 1. The second-order valence-electron chi connectivity index (χ2n) is 6.54. The van der Waals surface area contributed by atoms with Gasteiger partial charge < -0.3 is 4.90 Å². The number of piperazine rings is 1. The van der Waals surface area contributed by atoms with E-state index in [9.17, 15) is 18.0 Å². The molecule has 0 unspecified atom stereocenters. The lowest BCUT2D eigenvalue weighted by atomic mass is 10.0. The number of benzene rings is 1. The lowest BCUT2D eigenvalue weighted by Gasteiger charge is -2.41. The van der Waals surface area contributed by atoms with Gasteiger partial charge in [0.15, 0.2) is 0 Å². The molecule has 0 N–H and O–H groups in total. The Morgan fingerprint density at radius 1 is 1.17 bits per heavy atom. The lowest BCUT2D eigenvalue weighted by molar-refractivity contribution is -0.143. The van der Waals surface area contributed by atoms with E-state index < -0.39 is 12.6 Å². The second kappa shape index (κ2) is 6.15. The maximum atomic E-state index is 12.4. The molecule has 0 bridgehead atoms. The van der Waals surface area contributed by atoms with Gasteiger partial charge in [0.1, 0.15) is 0 Å². The molecule has 1 aromatic carbocycles. The summed E-state index contributed by atoms with van der Waals surface area (Å²) in [6.45, 7) is 4.21. The number of carbonyl (C=O) groups excluding carboxylic acids is 1. The van der Waals surface area contributed by atoms with Crippen molar-refractivity contribution < 1.29 is 18.0 Å². The fraction of sp³-hybridized carbons (Fsp3) is 0.588. The summed E-state index contributed by atoms with van der Waals surface area (Å²) in [5.41, 5.74) is 1.22. The summed E-state index contributed by atoms with van der Waals surface area (Å²) in [5, 5.41) is 0. The molecule has 0 radical (unpaired) electrons. The molecule has 3 rings (SSSR count). The summed E-state index contributed by atoms with van der Waals surface area (Å²) < 4.78 is 37.1. The minimum absolute atomic E-state index is 0.167. The number of fused-ring (bicyclic) bond motifs is 1. The SMILES string of the molecule is C[C@H]1C(=O)N2CCC[C@@H]2CN1Cc1ccc(CC(F)(F)F)cc1. The first-order valence-electron chi connectivity index (χ1n) is 8.02. The molecule has 2 fully saturated rings. The smallest absolute Gasteiger partial charge is 0.337 e. The summed E-state index contributed by atoms with van der Waals surface area (Å²) in [6, 6.07) is 6.66. The van der Waals surface area contributed by atoms with E-state index in [0.29, 0.717) is 12.6 Å². The van der Waals surface area contributed by atoms with Gasteiger partial charge in [-0.3, -0.25) is 9.69 Å². The number of nitrogens with zero attached hydrogens (tertiary/aromatic N) is 2. The van der Waals surface area contributed by atoms with Crippen molar-refractivity contribution in [3.05, 3.63) is 35.4 Å². The summed E-state index contributed by atoms with van der Waals surface area (Å²) in [4.78, 5) is 16.5. The first-order valence-corrected chi connectivity index (χ1v) is 8.02. The predicted molar refractivity (Wildman–Crippen MR) is 80.8 cm³/mol. The van der Waals surface area contributed by atoms with Crippen molar-refractivity contribution in [3.63, 3.8) is 0 Å². The third kappa shape index (κ3) is 3.68. The Bertz CT molecular complexity index is 570. The van der Waals surface area contributed by atoms with Crippen LogP contribution in [-0.4, -0.2) is 47.1 Å². The molecule has 0 aromatic heterocycles. The third-order valence-electron chi connectivity index (χ3n) is 4.82. The number of alkyl halides is 3. The van der Waals surface area contributed by atoms with Crippen LogP contribution in [0.25, 0.3) is 0 Å². The maximum absolute atomic E-state index is 12.4. The highest BCUT2D eigenvalue weighted by Crippen LogP contribution is 2.27. The molecule has 3 nitrogen and oxygen atoms in total. The molecule has 6 heteroatoms. The fourth-order valence-electron chi connectivity index (χ4n) is 3.57. The molecule has 23 heavy (non-hydrogen) atoms. The van der Waals surface area contributed by atoms with Gasteiger partial charge >= 0.3 is 6.18 Å². The minimum atomic E-state index is -4.18. The van der Waals surface area contributed by atoms with E-state index in [4.69, 9.17) is 0 Å². The van der Waals surface area contributed by atoms with Gasteiger partial charge in [-0.05, 0) is 30.9 Å². The zero-order chi connectivity index (χ0) is 16.6. The lowest BCUT2D eigenvalue weighted by Crippen LogP contribution is -2.58. The van der Waals surface area contributed by atoms with Crippen LogP contribution in [0.4, 0.5) is 13.2 Å². The number of hydrogen-bond acceptors (Lipinski definition) is 2. The molecule has 2 aliphatic heterocycles. The highest BCUT2D eigenvalue weighted by atomic mass is 19.4.